The molecule has 1 atom stereocenters. The third-order valence-electron chi connectivity index (χ3n) is 3.71. The van der Waals surface area contributed by atoms with Crippen LogP contribution in [0.1, 0.15) is 25.1 Å². The lowest BCUT2D eigenvalue weighted by atomic mass is 10.0. The van der Waals surface area contributed by atoms with Crippen LogP contribution in [0.4, 0.5) is 0 Å². The summed E-state index contributed by atoms with van der Waals surface area (Å²) in [6.45, 7) is 2.56. The van der Waals surface area contributed by atoms with Gasteiger partial charge in [0.05, 0.1) is 0 Å². The van der Waals surface area contributed by atoms with Crippen LogP contribution in [0.15, 0.2) is 11.2 Å². The first-order chi connectivity index (χ1) is 9.30. The zero-order valence-electron chi connectivity index (χ0n) is 11.6. The maximum absolute atomic E-state index is 12.4. The topological polar surface area (TPSA) is 92.5 Å². The molecule has 1 aromatic heterocycles. The summed E-state index contributed by atoms with van der Waals surface area (Å²) in [6.07, 6.45) is 2.82. The highest BCUT2D eigenvalue weighted by molar-refractivity contribution is 7.89. The van der Waals surface area contributed by atoms with E-state index in [2.05, 4.69) is 4.98 Å². The summed E-state index contributed by atoms with van der Waals surface area (Å²) in [5.74, 6) is -0.0810. The molecule has 8 heteroatoms. The van der Waals surface area contributed by atoms with Gasteiger partial charge in [-0.3, -0.25) is 4.79 Å². The van der Waals surface area contributed by atoms with E-state index in [9.17, 15) is 13.2 Å². The number of aromatic nitrogens is 2. The minimum absolute atomic E-state index is 0.0661. The first kappa shape index (κ1) is 15.0. The van der Waals surface area contributed by atoms with Gasteiger partial charge in [0.25, 0.3) is 10.0 Å². The lowest BCUT2D eigenvalue weighted by molar-refractivity contribution is -0.137. The Morgan fingerprint density at radius 1 is 1.55 bits per heavy atom. The van der Waals surface area contributed by atoms with E-state index < -0.39 is 16.0 Å². The fourth-order valence-corrected chi connectivity index (χ4v) is 3.92. The van der Waals surface area contributed by atoms with Crippen LogP contribution < -0.4 is 0 Å². The molecule has 7 nitrogen and oxygen atoms in total. The van der Waals surface area contributed by atoms with Gasteiger partial charge in [-0.15, -0.1) is 0 Å². The Hall–Kier alpha value is -1.41. The van der Waals surface area contributed by atoms with Crippen molar-refractivity contribution in [2.45, 2.75) is 31.2 Å². The van der Waals surface area contributed by atoms with Crippen LogP contribution in [-0.2, 0) is 21.9 Å². The van der Waals surface area contributed by atoms with E-state index in [4.69, 9.17) is 5.11 Å². The highest BCUT2D eigenvalue weighted by Gasteiger charge is 2.34. The summed E-state index contributed by atoms with van der Waals surface area (Å²) < 4.78 is 27.9. The number of hydrogen-bond donors (Lipinski definition) is 1. The molecule has 112 valence electrons. The quantitative estimate of drug-likeness (QED) is 0.860. The molecule has 20 heavy (non-hydrogen) atoms. The van der Waals surface area contributed by atoms with Crippen LogP contribution in [0.3, 0.4) is 0 Å². The number of sulfonamides is 1. The normalized spacial score (nSPS) is 20.4. The third-order valence-corrected chi connectivity index (χ3v) is 5.44. The summed E-state index contributed by atoms with van der Waals surface area (Å²) in [4.78, 5) is 14.6. The van der Waals surface area contributed by atoms with Crippen molar-refractivity contribution in [3.63, 3.8) is 0 Å². The Morgan fingerprint density at radius 2 is 2.25 bits per heavy atom. The van der Waals surface area contributed by atoms with Gasteiger partial charge in [-0.2, -0.15) is 4.31 Å². The zero-order valence-corrected chi connectivity index (χ0v) is 12.4. The van der Waals surface area contributed by atoms with E-state index in [0.717, 1.165) is 0 Å². The number of carboxylic acid groups (broad SMARTS) is 1. The Bertz CT molecular complexity index is 589. The predicted octanol–water partition coefficient (Wildman–Crippen LogP) is 0.604. The molecular formula is C12H19N3O4S. The van der Waals surface area contributed by atoms with Crippen molar-refractivity contribution in [2.24, 2.45) is 13.0 Å². The van der Waals surface area contributed by atoms with Gasteiger partial charge in [-0.05, 0) is 25.7 Å². The molecular weight excluding hydrogens is 282 g/mol. The van der Waals surface area contributed by atoms with Crippen LogP contribution in [0.5, 0.6) is 0 Å². The molecule has 2 heterocycles. The minimum atomic E-state index is -3.56. The van der Waals surface area contributed by atoms with E-state index in [1.54, 1.807) is 18.5 Å². The summed E-state index contributed by atoms with van der Waals surface area (Å²) >= 11 is 0. The second kappa shape index (κ2) is 5.53. The molecule has 1 fully saturated rings. The maximum atomic E-state index is 12.4. The number of rotatable bonds is 5. The number of imidazole rings is 1. The van der Waals surface area contributed by atoms with Gasteiger partial charge in [-0.25, -0.2) is 13.4 Å². The molecule has 1 unspecified atom stereocenters. The average Bonchev–Trinajstić information content (AvgIpc) is 2.95. The second-order valence-corrected chi connectivity index (χ2v) is 7.07. The molecule has 1 saturated heterocycles. The molecule has 0 radical (unpaired) electrons. The van der Waals surface area contributed by atoms with Crippen molar-refractivity contribution < 1.29 is 18.3 Å². The molecule has 0 amide bonds. The lowest BCUT2D eigenvalue weighted by Gasteiger charge is -2.14. The van der Waals surface area contributed by atoms with Crippen LogP contribution in [-0.4, -0.2) is 46.4 Å². The summed E-state index contributed by atoms with van der Waals surface area (Å²) in [5.41, 5.74) is 0. The van der Waals surface area contributed by atoms with E-state index in [-0.39, 0.29) is 17.4 Å². The van der Waals surface area contributed by atoms with Crippen LogP contribution in [0.2, 0.25) is 0 Å². The molecule has 2 rings (SSSR count). The lowest BCUT2D eigenvalue weighted by Crippen LogP contribution is -2.29. The third kappa shape index (κ3) is 3.01. The largest absolute Gasteiger partial charge is 0.481 e. The number of carbonyl (C=O) groups is 1. The van der Waals surface area contributed by atoms with Gasteiger partial charge in [0.1, 0.15) is 5.82 Å². The SMILES string of the molecule is Cc1nc(S(=O)(=O)N2CCC(CCC(=O)O)C2)cn1C. The zero-order chi connectivity index (χ0) is 14.9. The van der Waals surface area contributed by atoms with E-state index in [0.29, 0.717) is 31.8 Å². The van der Waals surface area contributed by atoms with Crippen LogP contribution >= 0.6 is 0 Å². The molecule has 1 N–H and O–H groups in total. The van der Waals surface area contributed by atoms with Crippen molar-refractivity contribution in [2.75, 3.05) is 13.1 Å². The smallest absolute Gasteiger partial charge is 0.303 e. The van der Waals surface area contributed by atoms with Crippen LogP contribution in [0, 0.1) is 12.8 Å². The Kier molecular flexibility index (Phi) is 4.14. The van der Waals surface area contributed by atoms with Crippen molar-refractivity contribution in [3.05, 3.63) is 12.0 Å². The molecule has 0 bridgehead atoms. The van der Waals surface area contributed by atoms with Crippen molar-refractivity contribution >= 4 is 16.0 Å². The average molecular weight is 301 g/mol. The minimum Gasteiger partial charge on any atom is -0.481 e. The van der Waals surface area contributed by atoms with Crippen molar-refractivity contribution in [1.29, 1.82) is 0 Å². The number of nitrogens with zero attached hydrogens (tertiary/aromatic N) is 3. The monoisotopic (exact) mass is 301 g/mol. The molecule has 0 aromatic carbocycles. The Morgan fingerprint density at radius 3 is 2.80 bits per heavy atom. The van der Waals surface area contributed by atoms with E-state index in [1.807, 2.05) is 0 Å². The van der Waals surface area contributed by atoms with Crippen molar-refractivity contribution in [3.8, 4) is 0 Å². The standard InChI is InChI=1S/C12H19N3O4S/c1-9-13-11(8-14(9)2)20(18,19)15-6-5-10(7-15)3-4-12(16)17/h8,10H,3-7H2,1-2H3,(H,16,17). The Balaban J connectivity index is 2.06. The highest BCUT2D eigenvalue weighted by Crippen LogP contribution is 2.26. The molecule has 0 saturated carbocycles. The van der Waals surface area contributed by atoms with Gasteiger partial charge in [0.2, 0.25) is 0 Å². The first-order valence-corrected chi connectivity index (χ1v) is 7.96. The molecule has 0 spiro atoms. The number of aryl methyl sites for hydroxylation is 2. The van der Waals surface area contributed by atoms with E-state index >= 15 is 0 Å². The predicted molar refractivity (Wildman–Crippen MR) is 71.7 cm³/mol. The molecule has 1 aliphatic rings. The highest BCUT2D eigenvalue weighted by atomic mass is 32.2. The fourth-order valence-electron chi connectivity index (χ4n) is 2.36. The van der Waals surface area contributed by atoms with Gasteiger partial charge < -0.3 is 9.67 Å². The number of carboxylic acids is 1. The maximum Gasteiger partial charge on any atom is 0.303 e. The van der Waals surface area contributed by atoms with Gasteiger partial charge >= 0.3 is 5.97 Å². The fraction of sp³-hybridized carbons (Fsp3) is 0.667. The van der Waals surface area contributed by atoms with Gasteiger partial charge in [-0.1, -0.05) is 0 Å². The summed E-state index contributed by atoms with van der Waals surface area (Å²) in [7, 11) is -1.81. The first-order valence-electron chi connectivity index (χ1n) is 6.52. The summed E-state index contributed by atoms with van der Waals surface area (Å²) in [5, 5.41) is 8.73. The van der Waals surface area contributed by atoms with Crippen molar-refractivity contribution in [1.82, 2.24) is 13.9 Å². The van der Waals surface area contributed by atoms with Gasteiger partial charge in [0.15, 0.2) is 5.03 Å². The van der Waals surface area contributed by atoms with Crippen LogP contribution in [0.25, 0.3) is 0 Å². The number of hydrogen-bond acceptors (Lipinski definition) is 4. The number of aliphatic carboxylic acids is 1. The van der Waals surface area contributed by atoms with E-state index in [1.165, 1.54) is 10.5 Å². The molecule has 1 aromatic rings. The molecule has 0 aliphatic carbocycles. The Labute approximate surface area is 118 Å². The summed E-state index contributed by atoms with van der Waals surface area (Å²) in [6, 6.07) is 0. The van der Waals surface area contributed by atoms with Gasteiger partial charge in [0, 0.05) is 32.8 Å². The molecule has 1 aliphatic heterocycles. The second-order valence-electron chi connectivity index (χ2n) is 5.19.